The summed E-state index contributed by atoms with van der Waals surface area (Å²) in [5.41, 5.74) is 5.30. The van der Waals surface area contributed by atoms with Gasteiger partial charge < -0.3 is 4.90 Å². The summed E-state index contributed by atoms with van der Waals surface area (Å²) in [6, 6.07) is 15.3. The van der Waals surface area contributed by atoms with Gasteiger partial charge >= 0.3 is 0 Å². The molecule has 2 aromatic rings. The Morgan fingerprint density at radius 1 is 1.24 bits per heavy atom. The third kappa shape index (κ3) is 4.14. The zero-order valence-corrected chi connectivity index (χ0v) is 15.4. The second-order valence-corrected chi connectivity index (χ2v) is 6.89. The van der Waals surface area contributed by atoms with Crippen molar-refractivity contribution in [1.29, 1.82) is 0 Å². The number of nitrogens with one attached hydrogen (secondary N) is 1. The summed E-state index contributed by atoms with van der Waals surface area (Å²) in [6.07, 6.45) is 1.79. The molecule has 6 heteroatoms. The minimum Gasteiger partial charge on any atom is -0.311 e. The highest BCUT2D eigenvalue weighted by molar-refractivity contribution is 9.10. The fraction of sp³-hybridized carbons (Fsp3) is 0.211. The van der Waals surface area contributed by atoms with Gasteiger partial charge in [0, 0.05) is 23.1 Å². The summed E-state index contributed by atoms with van der Waals surface area (Å²) in [5.74, 6) is -0.668. The molecular formula is C19H18BrN3O2. The maximum Gasteiger partial charge on any atom is 0.245 e. The summed E-state index contributed by atoms with van der Waals surface area (Å²) in [6.45, 7) is 2.34. The Bertz CT molecular complexity index is 818. The molecule has 2 aromatic carbocycles. The molecule has 128 valence electrons. The van der Waals surface area contributed by atoms with Gasteiger partial charge in [0.1, 0.15) is 0 Å². The molecular weight excluding hydrogens is 382 g/mol. The van der Waals surface area contributed by atoms with Crippen molar-refractivity contribution in [2.24, 2.45) is 11.0 Å². The van der Waals surface area contributed by atoms with Crippen LogP contribution in [0.2, 0.25) is 0 Å². The van der Waals surface area contributed by atoms with E-state index in [1.165, 1.54) is 0 Å². The second kappa shape index (κ2) is 7.61. The molecule has 5 nitrogen and oxygen atoms in total. The zero-order chi connectivity index (χ0) is 17.8. The van der Waals surface area contributed by atoms with Crippen LogP contribution >= 0.6 is 15.9 Å². The van der Waals surface area contributed by atoms with Crippen molar-refractivity contribution >= 4 is 39.6 Å². The number of hydrogen-bond donors (Lipinski definition) is 1. The minimum atomic E-state index is -0.394. The van der Waals surface area contributed by atoms with Gasteiger partial charge in [-0.25, -0.2) is 5.43 Å². The predicted molar refractivity (Wildman–Crippen MR) is 102 cm³/mol. The third-order valence-corrected chi connectivity index (χ3v) is 4.69. The van der Waals surface area contributed by atoms with E-state index in [0.717, 1.165) is 21.3 Å². The smallest absolute Gasteiger partial charge is 0.245 e. The lowest BCUT2D eigenvalue weighted by molar-refractivity contribution is -0.126. The van der Waals surface area contributed by atoms with Gasteiger partial charge in [-0.05, 0) is 36.2 Å². The highest BCUT2D eigenvalue weighted by Gasteiger charge is 2.35. The molecule has 2 amide bonds. The van der Waals surface area contributed by atoms with E-state index in [1.54, 1.807) is 11.1 Å². The van der Waals surface area contributed by atoms with E-state index >= 15 is 0 Å². The molecule has 25 heavy (non-hydrogen) atoms. The van der Waals surface area contributed by atoms with Crippen molar-refractivity contribution < 1.29 is 9.59 Å². The Morgan fingerprint density at radius 2 is 1.96 bits per heavy atom. The van der Waals surface area contributed by atoms with Crippen LogP contribution in [0.1, 0.15) is 17.5 Å². The molecule has 3 rings (SSSR count). The Kier molecular flexibility index (Phi) is 5.28. The Labute approximate surface area is 154 Å². The number of hydrazone groups is 1. The number of aryl methyl sites for hydroxylation is 1. The van der Waals surface area contributed by atoms with Crippen LogP contribution in [-0.2, 0) is 9.59 Å². The molecule has 1 atom stereocenters. The van der Waals surface area contributed by atoms with Crippen LogP contribution < -0.4 is 10.3 Å². The average molecular weight is 400 g/mol. The van der Waals surface area contributed by atoms with Crippen LogP contribution in [0.4, 0.5) is 5.69 Å². The van der Waals surface area contributed by atoms with Gasteiger partial charge in [-0.2, -0.15) is 5.10 Å². The summed E-state index contributed by atoms with van der Waals surface area (Å²) < 4.78 is 0.981. The van der Waals surface area contributed by atoms with Gasteiger partial charge in [0.2, 0.25) is 11.8 Å². The van der Waals surface area contributed by atoms with Crippen LogP contribution in [0.3, 0.4) is 0 Å². The second-order valence-electron chi connectivity index (χ2n) is 5.98. The Hall–Kier alpha value is -2.47. The number of hydrogen-bond acceptors (Lipinski definition) is 3. The molecule has 1 N–H and O–H groups in total. The van der Waals surface area contributed by atoms with Crippen molar-refractivity contribution in [3.8, 4) is 0 Å². The van der Waals surface area contributed by atoms with E-state index in [2.05, 4.69) is 26.5 Å². The first-order valence-corrected chi connectivity index (χ1v) is 8.78. The normalized spacial score (nSPS) is 17.3. The number of amides is 2. The van der Waals surface area contributed by atoms with Gasteiger partial charge in [-0.15, -0.1) is 0 Å². The number of nitrogens with zero attached hydrogens (tertiary/aromatic N) is 2. The number of benzene rings is 2. The van der Waals surface area contributed by atoms with Crippen molar-refractivity contribution in [3.63, 3.8) is 0 Å². The van der Waals surface area contributed by atoms with Gasteiger partial charge in [-0.1, -0.05) is 46.3 Å². The van der Waals surface area contributed by atoms with Crippen LogP contribution in [0, 0.1) is 12.8 Å². The van der Waals surface area contributed by atoms with Crippen molar-refractivity contribution in [3.05, 3.63) is 64.1 Å². The predicted octanol–water partition coefficient (Wildman–Crippen LogP) is 3.26. The molecule has 1 fully saturated rings. The first-order valence-electron chi connectivity index (χ1n) is 7.99. The largest absolute Gasteiger partial charge is 0.311 e. The molecule has 1 heterocycles. The number of halogens is 1. The van der Waals surface area contributed by atoms with Crippen molar-refractivity contribution in [2.45, 2.75) is 13.3 Å². The van der Waals surface area contributed by atoms with Crippen LogP contribution in [-0.4, -0.2) is 24.6 Å². The molecule has 0 saturated carbocycles. The quantitative estimate of drug-likeness (QED) is 0.633. The summed E-state index contributed by atoms with van der Waals surface area (Å²) >= 11 is 3.37. The first kappa shape index (κ1) is 17.4. The van der Waals surface area contributed by atoms with E-state index < -0.39 is 5.92 Å². The lowest BCUT2D eigenvalue weighted by Gasteiger charge is -2.18. The molecule has 0 radical (unpaired) electrons. The highest BCUT2D eigenvalue weighted by Crippen LogP contribution is 2.27. The van der Waals surface area contributed by atoms with Gasteiger partial charge in [0.15, 0.2) is 0 Å². The topological polar surface area (TPSA) is 61.8 Å². The van der Waals surface area contributed by atoms with Gasteiger partial charge in [0.25, 0.3) is 0 Å². The van der Waals surface area contributed by atoms with Crippen molar-refractivity contribution in [2.75, 3.05) is 11.4 Å². The molecule has 0 bridgehead atoms. The maximum absolute atomic E-state index is 12.3. The van der Waals surface area contributed by atoms with E-state index in [-0.39, 0.29) is 18.2 Å². The van der Waals surface area contributed by atoms with E-state index in [4.69, 9.17) is 0 Å². The van der Waals surface area contributed by atoms with Gasteiger partial charge in [0.05, 0.1) is 12.1 Å². The van der Waals surface area contributed by atoms with E-state index in [0.29, 0.717) is 6.54 Å². The summed E-state index contributed by atoms with van der Waals surface area (Å²) in [7, 11) is 0. The number of para-hydroxylation sites is 1. The van der Waals surface area contributed by atoms with Crippen LogP contribution in [0.15, 0.2) is 58.1 Å². The highest BCUT2D eigenvalue weighted by atomic mass is 79.9. The molecule has 0 spiro atoms. The van der Waals surface area contributed by atoms with Crippen LogP contribution in [0.25, 0.3) is 0 Å². The molecule has 0 unspecified atom stereocenters. The standard InChI is InChI=1S/C19H18BrN3O2/c1-13-4-2-3-5-17(13)23-12-15(10-18(23)24)19(25)22-21-11-14-6-8-16(20)9-7-14/h2-9,11,15H,10,12H2,1H3,(H,22,25)/b21-11+/t15-/m0/s1. The maximum atomic E-state index is 12.3. The zero-order valence-electron chi connectivity index (χ0n) is 13.8. The number of carbonyl (C=O) groups is 2. The fourth-order valence-corrected chi connectivity index (χ4v) is 3.06. The minimum absolute atomic E-state index is 0.0358. The molecule has 0 aliphatic carbocycles. The van der Waals surface area contributed by atoms with E-state index in [1.807, 2.05) is 55.5 Å². The Balaban J connectivity index is 1.61. The SMILES string of the molecule is Cc1ccccc1N1C[C@@H](C(=O)N/N=C/c2ccc(Br)cc2)CC1=O. The summed E-state index contributed by atoms with van der Waals surface area (Å²) in [4.78, 5) is 26.2. The molecule has 0 aromatic heterocycles. The first-order chi connectivity index (χ1) is 12.0. The van der Waals surface area contributed by atoms with E-state index in [9.17, 15) is 9.59 Å². The number of anilines is 1. The third-order valence-electron chi connectivity index (χ3n) is 4.16. The molecule has 1 aliphatic rings. The van der Waals surface area contributed by atoms with Crippen molar-refractivity contribution in [1.82, 2.24) is 5.43 Å². The van der Waals surface area contributed by atoms with Crippen LogP contribution in [0.5, 0.6) is 0 Å². The molecule has 1 aliphatic heterocycles. The lowest BCUT2D eigenvalue weighted by atomic mass is 10.1. The average Bonchev–Trinajstić information content (AvgIpc) is 2.99. The molecule has 1 saturated heterocycles. The van der Waals surface area contributed by atoms with Gasteiger partial charge in [-0.3, -0.25) is 9.59 Å². The summed E-state index contributed by atoms with van der Waals surface area (Å²) in [5, 5.41) is 3.99. The monoisotopic (exact) mass is 399 g/mol. The fourth-order valence-electron chi connectivity index (χ4n) is 2.79. The lowest BCUT2D eigenvalue weighted by Crippen LogP contribution is -2.30. The number of rotatable bonds is 4. The number of carbonyl (C=O) groups excluding carboxylic acids is 2. The Morgan fingerprint density at radius 3 is 2.68 bits per heavy atom.